The lowest BCUT2D eigenvalue weighted by Crippen LogP contribution is -2.58. The van der Waals surface area contributed by atoms with Crippen LogP contribution in [0, 0.1) is 17.0 Å². The van der Waals surface area contributed by atoms with E-state index in [0.717, 1.165) is 36.7 Å². The number of benzene rings is 2. The maximum Gasteiger partial charge on any atom is 0.417 e. The van der Waals surface area contributed by atoms with E-state index >= 15 is 4.39 Å². The van der Waals surface area contributed by atoms with E-state index in [0.29, 0.717) is 11.8 Å². The Labute approximate surface area is 247 Å². The van der Waals surface area contributed by atoms with Gasteiger partial charge >= 0.3 is 11.9 Å². The molecule has 0 radical (unpaired) electrons. The van der Waals surface area contributed by atoms with Crippen molar-refractivity contribution >= 4 is 46.0 Å². The molecule has 1 spiro atoms. The molecule has 2 aromatic carbocycles. The number of alkyl halides is 3. The predicted octanol–water partition coefficient (Wildman–Crippen LogP) is 6.51. The molecule has 2 atom stereocenters. The van der Waals surface area contributed by atoms with Gasteiger partial charge in [0.1, 0.15) is 17.5 Å². The van der Waals surface area contributed by atoms with Gasteiger partial charge in [0.05, 0.1) is 16.1 Å². The van der Waals surface area contributed by atoms with Gasteiger partial charge in [0.25, 0.3) is 0 Å². The van der Waals surface area contributed by atoms with Crippen molar-refractivity contribution in [1.82, 2.24) is 14.5 Å². The number of thioether (sulfide) groups is 1. The van der Waals surface area contributed by atoms with Gasteiger partial charge < -0.3 is 9.80 Å². The number of hydrogen-bond acceptors (Lipinski definition) is 5. The van der Waals surface area contributed by atoms with E-state index in [1.165, 1.54) is 10.6 Å². The molecule has 1 aliphatic carbocycles. The average Bonchev–Trinajstić information content (AvgIpc) is 3.71. The van der Waals surface area contributed by atoms with Gasteiger partial charge in [-0.25, -0.2) is 13.6 Å². The summed E-state index contributed by atoms with van der Waals surface area (Å²) in [5.41, 5.74) is -2.81. The van der Waals surface area contributed by atoms with Gasteiger partial charge in [-0.1, -0.05) is 18.2 Å². The minimum Gasteiger partial charge on any atom is -0.352 e. The zero-order valence-electron chi connectivity index (χ0n) is 22.7. The van der Waals surface area contributed by atoms with Crippen molar-refractivity contribution in [3.05, 3.63) is 63.6 Å². The van der Waals surface area contributed by atoms with Gasteiger partial charge in [0, 0.05) is 64.9 Å². The number of anilines is 1. The van der Waals surface area contributed by atoms with Crippen LogP contribution in [-0.2, 0) is 17.5 Å². The number of amides is 1. The zero-order chi connectivity index (χ0) is 30.3. The number of piperazine rings is 1. The van der Waals surface area contributed by atoms with Crippen LogP contribution in [0.5, 0.6) is 0 Å². The van der Waals surface area contributed by atoms with Crippen molar-refractivity contribution in [3.8, 4) is 11.1 Å². The van der Waals surface area contributed by atoms with Gasteiger partial charge in [-0.05, 0) is 50.3 Å². The number of rotatable bonds is 3. The number of aromatic nitrogens is 2. The summed E-state index contributed by atoms with van der Waals surface area (Å²) in [6.07, 6.45) is -2.15. The molecule has 222 valence electrons. The Morgan fingerprint density at radius 1 is 1.14 bits per heavy atom. The van der Waals surface area contributed by atoms with E-state index < -0.39 is 45.2 Å². The highest BCUT2D eigenvalue weighted by Gasteiger charge is 2.47. The second-order valence-corrected chi connectivity index (χ2v) is 12.8. The molecule has 13 heteroatoms. The van der Waals surface area contributed by atoms with Crippen molar-refractivity contribution in [1.29, 1.82) is 0 Å². The highest BCUT2D eigenvalue weighted by Crippen LogP contribution is 2.56. The van der Waals surface area contributed by atoms with Gasteiger partial charge in [0.15, 0.2) is 0 Å². The summed E-state index contributed by atoms with van der Waals surface area (Å²) in [6, 6.07) is 1.53. The summed E-state index contributed by atoms with van der Waals surface area (Å²) < 4.78 is 75.2. The molecule has 3 aliphatic rings. The Bertz CT molecular complexity index is 1710. The molecule has 6 nitrogen and oxygen atoms in total. The number of carbonyl (C=O) groups excluding carboxylic acids is 1. The fourth-order valence-corrected chi connectivity index (χ4v) is 7.96. The van der Waals surface area contributed by atoms with Crippen LogP contribution in [-0.4, -0.2) is 51.3 Å². The maximum absolute atomic E-state index is 15.2. The number of carbonyl (C=O) groups is 1. The van der Waals surface area contributed by atoms with Gasteiger partial charge in [-0.2, -0.15) is 18.2 Å². The van der Waals surface area contributed by atoms with Crippen LogP contribution in [0.4, 0.5) is 27.8 Å². The first-order chi connectivity index (χ1) is 19.7. The zero-order valence-corrected chi connectivity index (χ0v) is 24.3. The molecule has 2 fully saturated rings. The fraction of sp³-hybridized carbons (Fsp3) is 0.414. The third-order valence-corrected chi connectivity index (χ3v) is 10.1. The summed E-state index contributed by atoms with van der Waals surface area (Å²) >= 11 is 7.08. The van der Waals surface area contributed by atoms with Crippen LogP contribution >= 0.6 is 23.4 Å². The first kappa shape index (κ1) is 29.0. The summed E-state index contributed by atoms with van der Waals surface area (Å²) in [4.78, 5) is 33.9. The molecule has 1 saturated heterocycles. The second-order valence-electron chi connectivity index (χ2n) is 11.4. The average molecular weight is 625 g/mol. The van der Waals surface area contributed by atoms with Crippen LogP contribution < -0.4 is 10.6 Å². The van der Waals surface area contributed by atoms with Crippen LogP contribution in [0.3, 0.4) is 0 Å². The lowest BCUT2D eigenvalue weighted by Gasteiger charge is -2.44. The number of halogens is 6. The first-order valence-corrected chi connectivity index (χ1v) is 14.8. The SMILES string of the molecule is C=CC(=O)N1[C@H](C)CN(c2nc(=O)n3c4c(c(-c5cc(Cl)c(F)cc5F)c(C(F)(F)F)cc24)SCC2(CC2)C3)C[C@@H]1C. The predicted molar refractivity (Wildman–Crippen MR) is 152 cm³/mol. The van der Waals surface area contributed by atoms with Crippen LogP contribution in [0.1, 0.15) is 32.3 Å². The number of nitrogens with zero attached hydrogens (tertiary/aromatic N) is 4. The molecule has 0 unspecified atom stereocenters. The minimum absolute atomic E-state index is 0.0684. The highest BCUT2D eigenvalue weighted by molar-refractivity contribution is 7.99. The summed E-state index contributed by atoms with van der Waals surface area (Å²) in [7, 11) is 0. The normalized spacial score (nSPS) is 21.5. The summed E-state index contributed by atoms with van der Waals surface area (Å²) in [6.45, 7) is 7.86. The third kappa shape index (κ3) is 4.67. The molecule has 3 heterocycles. The molecule has 6 rings (SSSR count). The Morgan fingerprint density at radius 2 is 1.81 bits per heavy atom. The largest absolute Gasteiger partial charge is 0.417 e. The number of hydrogen-bond donors (Lipinski definition) is 0. The minimum atomic E-state index is -4.94. The first-order valence-electron chi connectivity index (χ1n) is 13.4. The smallest absolute Gasteiger partial charge is 0.352 e. The molecular weight excluding hydrogens is 599 g/mol. The van der Waals surface area contributed by atoms with Crippen molar-refractivity contribution in [3.63, 3.8) is 0 Å². The Hall–Kier alpha value is -3.12. The van der Waals surface area contributed by atoms with E-state index in [1.807, 2.05) is 0 Å². The fourth-order valence-electron chi connectivity index (χ4n) is 6.25. The van der Waals surface area contributed by atoms with Gasteiger partial charge in [-0.15, -0.1) is 11.8 Å². The molecule has 1 aromatic heterocycles. The maximum atomic E-state index is 15.2. The van der Waals surface area contributed by atoms with Crippen LogP contribution in [0.15, 0.2) is 40.5 Å². The molecule has 2 aliphatic heterocycles. The summed E-state index contributed by atoms with van der Waals surface area (Å²) in [5, 5.41) is -0.422. The van der Waals surface area contributed by atoms with Crippen LogP contribution in [0.2, 0.25) is 5.02 Å². The molecule has 1 amide bonds. The summed E-state index contributed by atoms with van der Waals surface area (Å²) in [5.74, 6) is -2.08. The molecule has 0 bridgehead atoms. The molecule has 1 saturated carbocycles. The Kier molecular flexibility index (Phi) is 6.88. The van der Waals surface area contributed by atoms with E-state index in [-0.39, 0.29) is 64.7 Å². The van der Waals surface area contributed by atoms with Gasteiger partial charge in [-0.3, -0.25) is 9.36 Å². The topological polar surface area (TPSA) is 58.4 Å². The van der Waals surface area contributed by atoms with Crippen molar-refractivity contribution < 1.29 is 26.7 Å². The van der Waals surface area contributed by atoms with E-state index in [1.54, 1.807) is 23.6 Å². The van der Waals surface area contributed by atoms with E-state index in [4.69, 9.17) is 11.6 Å². The lowest BCUT2D eigenvalue weighted by atomic mass is 9.95. The third-order valence-electron chi connectivity index (χ3n) is 8.40. The van der Waals surface area contributed by atoms with Crippen molar-refractivity contribution in [2.45, 2.75) is 56.4 Å². The van der Waals surface area contributed by atoms with E-state index in [2.05, 4.69) is 11.6 Å². The quantitative estimate of drug-likeness (QED) is 0.189. The molecule has 0 N–H and O–H groups in total. The Morgan fingerprint density at radius 3 is 2.40 bits per heavy atom. The van der Waals surface area contributed by atoms with Crippen molar-refractivity contribution in [2.75, 3.05) is 23.7 Å². The second kappa shape index (κ2) is 9.97. The Balaban J connectivity index is 1.66. The molecule has 3 aromatic rings. The van der Waals surface area contributed by atoms with Gasteiger partial charge in [0.2, 0.25) is 5.91 Å². The van der Waals surface area contributed by atoms with Crippen molar-refractivity contribution in [2.24, 2.45) is 5.41 Å². The molecule has 42 heavy (non-hydrogen) atoms. The standard InChI is InChI=1S/C29H26ClF5N4O2S/c1-4-22(40)39-14(2)10-37(11-15(39)3)26-17-7-18(29(33,34)35)23(16-8-19(30)21(32)9-20(16)31)25-24(17)38(27(41)36-26)12-28(5-6-28)13-42-25/h4,7-9,14-15H,1,5-6,10-13H2,2-3H3/t14-,15+. The van der Waals surface area contributed by atoms with Crippen LogP contribution in [0.25, 0.3) is 22.0 Å². The monoisotopic (exact) mass is 624 g/mol. The molecular formula is C29H26ClF5N4O2S. The highest BCUT2D eigenvalue weighted by atomic mass is 35.5. The van der Waals surface area contributed by atoms with E-state index in [9.17, 15) is 27.2 Å². The lowest BCUT2D eigenvalue weighted by molar-refractivity contribution is -0.137.